The molecule has 1 amide bonds. The molecule has 0 heterocycles. The maximum absolute atomic E-state index is 12.3. The maximum Gasteiger partial charge on any atom is 0.307 e. The molecule has 0 aliphatic heterocycles. The van der Waals surface area contributed by atoms with E-state index in [0.29, 0.717) is 18.1 Å². The largest absolute Gasteiger partial charge is 0.497 e. The molecule has 0 spiro atoms. The second-order valence-corrected chi connectivity index (χ2v) is 4.81. The number of rotatable bonds is 10. The summed E-state index contributed by atoms with van der Waals surface area (Å²) in [6.07, 6.45) is 0.276. The lowest BCUT2D eigenvalue weighted by Crippen LogP contribution is -2.37. The summed E-state index contributed by atoms with van der Waals surface area (Å²) < 4.78 is 15.4. The number of hydrogen-bond donors (Lipinski definition) is 0. The van der Waals surface area contributed by atoms with E-state index in [9.17, 15) is 9.59 Å². The smallest absolute Gasteiger partial charge is 0.307 e. The Morgan fingerprint density at radius 2 is 2.00 bits per heavy atom. The van der Waals surface area contributed by atoms with Crippen molar-refractivity contribution in [2.75, 3.05) is 33.4 Å². The van der Waals surface area contributed by atoms with Gasteiger partial charge in [0.05, 0.1) is 32.6 Å². The number of nitrogens with zero attached hydrogens (tertiary/aromatic N) is 2. The normalized spacial score (nSPS) is 9.71. The highest BCUT2D eigenvalue weighted by atomic mass is 16.5. The van der Waals surface area contributed by atoms with Gasteiger partial charge in [0.2, 0.25) is 0 Å². The van der Waals surface area contributed by atoms with Crippen molar-refractivity contribution in [3.05, 3.63) is 24.3 Å². The number of hydrogen-bond acceptors (Lipinski definition) is 6. The highest BCUT2D eigenvalue weighted by Crippen LogP contribution is 2.18. The highest BCUT2D eigenvalue weighted by Gasteiger charge is 2.16. The Hall–Kier alpha value is -2.75. The van der Waals surface area contributed by atoms with Crippen LogP contribution in [-0.4, -0.2) is 50.2 Å². The Labute approximate surface area is 141 Å². The third kappa shape index (κ3) is 7.01. The molecule has 0 atom stereocenters. The predicted molar refractivity (Wildman–Crippen MR) is 86.5 cm³/mol. The average Bonchev–Trinajstić information content (AvgIpc) is 2.60. The Morgan fingerprint density at radius 3 is 2.67 bits per heavy atom. The van der Waals surface area contributed by atoms with E-state index in [1.165, 1.54) is 4.90 Å². The van der Waals surface area contributed by atoms with E-state index in [-0.39, 0.29) is 44.4 Å². The van der Waals surface area contributed by atoms with E-state index in [0.717, 1.165) is 0 Å². The van der Waals surface area contributed by atoms with Crippen LogP contribution in [0.1, 0.15) is 19.8 Å². The van der Waals surface area contributed by atoms with Crippen molar-refractivity contribution in [2.24, 2.45) is 0 Å². The number of esters is 1. The molecule has 0 unspecified atom stereocenters. The van der Waals surface area contributed by atoms with E-state index in [2.05, 4.69) is 0 Å². The number of amides is 1. The zero-order chi connectivity index (χ0) is 17.8. The fourth-order valence-corrected chi connectivity index (χ4v) is 1.93. The first-order valence-corrected chi connectivity index (χ1v) is 7.68. The summed E-state index contributed by atoms with van der Waals surface area (Å²) in [5.74, 6) is 0.468. The fraction of sp³-hybridized carbons (Fsp3) is 0.471. The molecule has 0 aliphatic carbocycles. The van der Waals surface area contributed by atoms with Crippen molar-refractivity contribution in [3.63, 3.8) is 0 Å². The summed E-state index contributed by atoms with van der Waals surface area (Å²) in [5, 5.41) is 8.70. The van der Waals surface area contributed by atoms with Crippen LogP contribution in [0.25, 0.3) is 0 Å². The van der Waals surface area contributed by atoms with Gasteiger partial charge >= 0.3 is 5.97 Å². The molecule has 0 saturated heterocycles. The minimum atomic E-state index is -0.374. The van der Waals surface area contributed by atoms with Gasteiger partial charge in [-0.15, -0.1) is 0 Å². The molecule has 0 aromatic heterocycles. The van der Waals surface area contributed by atoms with E-state index >= 15 is 0 Å². The zero-order valence-corrected chi connectivity index (χ0v) is 14.0. The van der Waals surface area contributed by atoms with Gasteiger partial charge in [-0.25, -0.2) is 0 Å². The molecule has 0 fully saturated rings. The number of benzene rings is 1. The Kier molecular flexibility index (Phi) is 8.76. The zero-order valence-electron chi connectivity index (χ0n) is 14.0. The number of nitriles is 1. The second-order valence-electron chi connectivity index (χ2n) is 4.81. The third-order valence-corrected chi connectivity index (χ3v) is 3.14. The van der Waals surface area contributed by atoms with Crippen LogP contribution in [0.5, 0.6) is 11.5 Å². The second kappa shape index (κ2) is 10.9. The highest BCUT2D eigenvalue weighted by molar-refractivity contribution is 5.78. The van der Waals surface area contributed by atoms with Gasteiger partial charge in [0.1, 0.15) is 11.5 Å². The van der Waals surface area contributed by atoms with Crippen LogP contribution in [0.3, 0.4) is 0 Å². The monoisotopic (exact) mass is 334 g/mol. The summed E-state index contributed by atoms with van der Waals surface area (Å²) in [7, 11) is 1.54. The third-order valence-electron chi connectivity index (χ3n) is 3.14. The lowest BCUT2D eigenvalue weighted by molar-refractivity contribution is -0.144. The summed E-state index contributed by atoms with van der Waals surface area (Å²) in [4.78, 5) is 25.1. The van der Waals surface area contributed by atoms with Gasteiger partial charge in [0.25, 0.3) is 5.91 Å². The first kappa shape index (κ1) is 19.3. The van der Waals surface area contributed by atoms with Crippen molar-refractivity contribution < 1.29 is 23.8 Å². The SMILES string of the molecule is CCOC(=O)CCN(CCC#N)C(=O)COc1cccc(OC)c1. The van der Waals surface area contributed by atoms with Gasteiger partial charge in [-0.1, -0.05) is 6.07 Å². The first-order valence-electron chi connectivity index (χ1n) is 7.68. The topological polar surface area (TPSA) is 88.9 Å². The van der Waals surface area contributed by atoms with E-state index in [1.807, 2.05) is 6.07 Å². The van der Waals surface area contributed by atoms with Gasteiger partial charge in [-0.05, 0) is 19.1 Å². The summed E-state index contributed by atoms with van der Waals surface area (Å²) in [6, 6.07) is 8.90. The molecular formula is C17H22N2O5. The fourth-order valence-electron chi connectivity index (χ4n) is 1.93. The van der Waals surface area contributed by atoms with Crippen LogP contribution >= 0.6 is 0 Å². The summed E-state index contributed by atoms with van der Waals surface area (Å²) in [5.41, 5.74) is 0. The molecule has 1 aromatic carbocycles. The van der Waals surface area contributed by atoms with Crippen molar-refractivity contribution in [1.82, 2.24) is 4.90 Å². The van der Waals surface area contributed by atoms with Crippen LogP contribution in [0, 0.1) is 11.3 Å². The van der Waals surface area contributed by atoms with E-state index in [1.54, 1.807) is 38.3 Å². The first-order chi connectivity index (χ1) is 11.6. The molecular weight excluding hydrogens is 312 g/mol. The van der Waals surface area contributed by atoms with Crippen molar-refractivity contribution >= 4 is 11.9 Å². The molecule has 24 heavy (non-hydrogen) atoms. The van der Waals surface area contributed by atoms with Gasteiger partial charge in [0, 0.05) is 19.2 Å². The average molecular weight is 334 g/mol. The molecule has 7 nitrogen and oxygen atoms in total. The van der Waals surface area contributed by atoms with Gasteiger partial charge in [0.15, 0.2) is 6.61 Å². The number of carbonyl (C=O) groups excluding carboxylic acids is 2. The summed E-state index contributed by atoms with van der Waals surface area (Å²) >= 11 is 0. The van der Waals surface area contributed by atoms with Crippen molar-refractivity contribution in [3.8, 4) is 17.6 Å². The molecule has 0 bridgehead atoms. The van der Waals surface area contributed by atoms with Crippen LogP contribution in [0.4, 0.5) is 0 Å². The van der Waals surface area contributed by atoms with E-state index in [4.69, 9.17) is 19.5 Å². The Morgan fingerprint density at radius 1 is 1.25 bits per heavy atom. The molecule has 0 aliphatic rings. The minimum Gasteiger partial charge on any atom is -0.497 e. The lowest BCUT2D eigenvalue weighted by atomic mass is 10.3. The molecule has 1 rings (SSSR count). The Balaban J connectivity index is 2.56. The van der Waals surface area contributed by atoms with E-state index < -0.39 is 0 Å². The standard InChI is InChI=1S/C17H22N2O5/c1-3-23-17(21)8-11-19(10-5-9-18)16(20)13-24-15-7-4-6-14(12-15)22-2/h4,6-7,12H,3,5,8,10-11,13H2,1-2H3. The number of carbonyl (C=O) groups is 2. The Bertz CT molecular complexity index is 583. The quantitative estimate of drug-likeness (QED) is 0.606. The van der Waals surface area contributed by atoms with Crippen LogP contribution in [-0.2, 0) is 14.3 Å². The van der Waals surface area contributed by atoms with Gasteiger partial charge in [-0.2, -0.15) is 5.26 Å². The number of ether oxygens (including phenoxy) is 3. The van der Waals surface area contributed by atoms with Crippen LogP contribution in [0.15, 0.2) is 24.3 Å². The molecule has 0 saturated carbocycles. The molecule has 130 valence electrons. The van der Waals surface area contributed by atoms with Crippen LogP contribution < -0.4 is 9.47 Å². The predicted octanol–water partition coefficient (Wildman–Crippen LogP) is 1.77. The molecule has 7 heteroatoms. The van der Waals surface area contributed by atoms with Gasteiger partial charge < -0.3 is 19.1 Å². The minimum absolute atomic E-state index is 0.0875. The molecule has 1 aromatic rings. The maximum atomic E-state index is 12.3. The van der Waals surface area contributed by atoms with Crippen molar-refractivity contribution in [2.45, 2.75) is 19.8 Å². The number of methoxy groups -OCH3 is 1. The van der Waals surface area contributed by atoms with Gasteiger partial charge in [-0.3, -0.25) is 9.59 Å². The molecule has 0 radical (unpaired) electrons. The van der Waals surface area contributed by atoms with Crippen molar-refractivity contribution in [1.29, 1.82) is 5.26 Å². The lowest BCUT2D eigenvalue weighted by Gasteiger charge is -2.21. The molecule has 0 N–H and O–H groups in total. The van der Waals surface area contributed by atoms with Crippen LogP contribution in [0.2, 0.25) is 0 Å². The summed E-state index contributed by atoms with van der Waals surface area (Å²) in [6.45, 7) is 2.28.